The molecule has 1 aliphatic rings. The van der Waals surface area contributed by atoms with E-state index >= 15 is 0 Å². The van der Waals surface area contributed by atoms with E-state index in [1.54, 1.807) is 32.7 Å². The van der Waals surface area contributed by atoms with E-state index in [0.717, 1.165) is 27.1 Å². The summed E-state index contributed by atoms with van der Waals surface area (Å²) < 4.78 is 17.7. The number of hydrogen-bond donors (Lipinski definition) is 1. The molecular weight excluding hydrogens is 446 g/mol. The van der Waals surface area contributed by atoms with Gasteiger partial charge in [-0.1, -0.05) is 6.42 Å². The summed E-state index contributed by atoms with van der Waals surface area (Å²) in [7, 11) is 4.74. The number of nitrogens with zero attached hydrogens (tertiary/aromatic N) is 1. The second-order valence-corrected chi connectivity index (χ2v) is 9.05. The number of carbonyl (C=O) groups is 1. The Bertz CT molecular complexity index is 840. The molecule has 1 fully saturated rings. The Morgan fingerprint density at radius 2 is 1.89 bits per heavy atom. The van der Waals surface area contributed by atoms with Crippen molar-refractivity contribution in [1.29, 1.82) is 0 Å². The number of rotatable bonds is 7. The lowest BCUT2D eigenvalue weighted by molar-refractivity contribution is -0.145. The highest BCUT2D eigenvalue weighted by molar-refractivity contribution is 9.11. The summed E-state index contributed by atoms with van der Waals surface area (Å²) in [5, 5.41) is 9.84. The normalized spacial score (nSPS) is 18.5. The van der Waals surface area contributed by atoms with E-state index in [1.165, 1.54) is 0 Å². The zero-order valence-corrected chi connectivity index (χ0v) is 18.5. The fraction of sp³-hybridized carbons (Fsp3) is 0.450. The number of carboxylic acid groups (broad SMARTS) is 1. The summed E-state index contributed by atoms with van der Waals surface area (Å²) in [6.45, 7) is 0.703. The molecule has 1 aromatic carbocycles. The summed E-state index contributed by atoms with van der Waals surface area (Å²) in [4.78, 5) is 15.1. The fourth-order valence-electron chi connectivity index (χ4n) is 3.84. The fourth-order valence-corrected chi connectivity index (χ4v) is 5.40. The van der Waals surface area contributed by atoms with E-state index in [0.29, 0.717) is 30.2 Å². The molecule has 1 aliphatic heterocycles. The standard InChI is InChI=1S/C20H24BrNO5S/c1-25-14-8-7-12(18(26-2)19(14)27-3)17(15-9-10-16(21)28-15)22-11-5-4-6-13(22)20(23)24/h7-10,13,17H,4-6,11H2,1-3H3,(H,23,24). The molecule has 0 aliphatic carbocycles. The van der Waals surface area contributed by atoms with Gasteiger partial charge in [-0.3, -0.25) is 9.69 Å². The molecule has 0 bridgehead atoms. The number of piperidine rings is 1. The number of thiophene rings is 1. The lowest BCUT2D eigenvalue weighted by Crippen LogP contribution is -2.46. The number of ether oxygens (including phenoxy) is 3. The van der Waals surface area contributed by atoms with Crippen molar-refractivity contribution < 1.29 is 24.1 Å². The van der Waals surface area contributed by atoms with Crippen molar-refractivity contribution in [3.8, 4) is 17.2 Å². The molecule has 0 saturated carbocycles. The first-order valence-electron chi connectivity index (χ1n) is 9.04. The van der Waals surface area contributed by atoms with Crippen LogP contribution in [0.15, 0.2) is 28.1 Å². The van der Waals surface area contributed by atoms with Crippen molar-refractivity contribution >= 4 is 33.2 Å². The zero-order chi connectivity index (χ0) is 20.3. The first kappa shape index (κ1) is 21.0. The second-order valence-electron chi connectivity index (χ2n) is 6.56. The maximum absolute atomic E-state index is 12.0. The van der Waals surface area contributed by atoms with Crippen LogP contribution < -0.4 is 14.2 Å². The van der Waals surface area contributed by atoms with Crippen LogP contribution in [0.3, 0.4) is 0 Å². The highest BCUT2D eigenvalue weighted by atomic mass is 79.9. The van der Waals surface area contributed by atoms with Gasteiger partial charge >= 0.3 is 5.97 Å². The number of benzene rings is 1. The monoisotopic (exact) mass is 469 g/mol. The Hall–Kier alpha value is -1.77. The first-order valence-corrected chi connectivity index (χ1v) is 10.6. The minimum atomic E-state index is -0.792. The highest BCUT2D eigenvalue weighted by Gasteiger charge is 2.37. The number of likely N-dealkylation sites (tertiary alicyclic amines) is 1. The molecule has 1 N–H and O–H groups in total. The van der Waals surface area contributed by atoms with E-state index in [9.17, 15) is 9.90 Å². The SMILES string of the molecule is COc1ccc(C(c2ccc(Br)s2)N2CCCCC2C(=O)O)c(OC)c1OC. The van der Waals surface area contributed by atoms with Crippen molar-refractivity contribution in [2.75, 3.05) is 27.9 Å². The van der Waals surface area contributed by atoms with Crippen molar-refractivity contribution in [1.82, 2.24) is 4.90 Å². The molecule has 2 unspecified atom stereocenters. The van der Waals surface area contributed by atoms with E-state index in [1.807, 2.05) is 24.3 Å². The van der Waals surface area contributed by atoms with Crippen LogP contribution in [0.1, 0.15) is 35.7 Å². The number of carboxylic acids is 1. The maximum atomic E-state index is 12.0. The van der Waals surface area contributed by atoms with Crippen LogP contribution in [-0.2, 0) is 4.79 Å². The largest absolute Gasteiger partial charge is 0.493 e. The van der Waals surface area contributed by atoms with Crippen molar-refractivity contribution in [3.05, 3.63) is 38.5 Å². The van der Waals surface area contributed by atoms with Gasteiger partial charge in [0.2, 0.25) is 5.75 Å². The zero-order valence-electron chi connectivity index (χ0n) is 16.1. The van der Waals surface area contributed by atoms with Crippen LogP contribution in [0.5, 0.6) is 17.2 Å². The number of hydrogen-bond acceptors (Lipinski definition) is 6. The summed E-state index contributed by atoms with van der Waals surface area (Å²) in [5.41, 5.74) is 0.864. The van der Waals surface area contributed by atoms with Gasteiger partial charge in [0.1, 0.15) is 6.04 Å². The summed E-state index contributed by atoms with van der Waals surface area (Å²) in [6.07, 6.45) is 2.51. The molecule has 0 spiro atoms. The Balaban J connectivity index is 2.19. The quantitative estimate of drug-likeness (QED) is 0.640. The first-order chi connectivity index (χ1) is 13.5. The van der Waals surface area contributed by atoms with Crippen molar-refractivity contribution in [3.63, 3.8) is 0 Å². The Morgan fingerprint density at radius 1 is 1.14 bits per heavy atom. The highest BCUT2D eigenvalue weighted by Crippen LogP contribution is 2.47. The third-order valence-corrected chi connectivity index (χ3v) is 6.73. The minimum absolute atomic E-state index is 0.257. The van der Waals surface area contributed by atoms with Gasteiger partial charge in [-0.15, -0.1) is 11.3 Å². The van der Waals surface area contributed by atoms with Crippen LogP contribution in [0, 0.1) is 0 Å². The number of methoxy groups -OCH3 is 3. The lowest BCUT2D eigenvalue weighted by Gasteiger charge is -2.39. The van der Waals surface area contributed by atoms with E-state index in [2.05, 4.69) is 20.8 Å². The third-order valence-electron chi connectivity index (χ3n) is 5.05. The molecule has 6 nitrogen and oxygen atoms in total. The Morgan fingerprint density at radius 3 is 2.46 bits per heavy atom. The molecule has 1 aromatic heterocycles. The van der Waals surface area contributed by atoms with Crippen LogP contribution >= 0.6 is 27.3 Å². The summed E-state index contributed by atoms with van der Waals surface area (Å²) >= 11 is 5.13. The molecule has 0 amide bonds. The van der Waals surface area contributed by atoms with Crippen LogP contribution in [0.25, 0.3) is 0 Å². The van der Waals surface area contributed by atoms with E-state index in [-0.39, 0.29) is 6.04 Å². The molecule has 8 heteroatoms. The minimum Gasteiger partial charge on any atom is -0.493 e. The van der Waals surface area contributed by atoms with Gasteiger partial charge in [-0.25, -0.2) is 0 Å². The third kappa shape index (κ3) is 3.99. The van der Waals surface area contributed by atoms with Gasteiger partial charge < -0.3 is 19.3 Å². The van der Waals surface area contributed by atoms with Gasteiger partial charge in [0.15, 0.2) is 11.5 Å². The Labute approximate surface area is 177 Å². The van der Waals surface area contributed by atoms with E-state index < -0.39 is 12.0 Å². The van der Waals surface area contributed by atoms with Crippen LogP contribution in [-0.4, -0.2) is 49.9 Å². The average molecular weight is 470 g/mol. The topological polar surface area (TPSA) is 68.2 Å². The molecule has 2 atom stereocenters. The molecule has 2 aromatic rings. The molecule has 2 heterocycles. The molecule has 3 rings (SSSR count). The smallest absolute Gasteiger partial charge is 0.320 e. The van der Waals surface area contributed by atoms with Gasteiger partial charge in [0.25, 0.3) is 0 Å². The van der Waals surface area contributed by atoms with Gasteiger partial charge in [0, 0.05) is 10.4 Å². The van der Waals surface area contributed by atoms with E-state index in [4.69, 9.17) is 14.2 Å². The number of aliphatic carboxylic acids is 1. The van der Waals surface area contributed by atoms with Gasteiger partial charge in [0.05, 0.1) is 31.2 Å². The summed E-state index contributed by atoms with van der Waals surface area (Å²) in [6, 6.07) is 6.99. The van der Waals surface area contributed by atoms with Crippen LogP contribution in [0.4, 0.5) is 0 Å². The molecular formula is C20H24BrNO5S. The number of halogens is 1. The van der Waals surface area contributed by atoms with Gasteiger partial charge in [-0.05, 0) is 59.6 Å². The van der Waals surface area contributed by atoms with Crippen molar-refractivity contribution in [2.24, 2.45) is 0 Å². The van der Waals surface area contributed by atoms with Gasteiger partial charge in [-0.2, -0.15) is 0 Å². The predicted molar refractivity (Wildman–Crippen MR) is 112 cm³/mol. The lowest BCUT2D eigenvalue weighted by atomic mass is 9.94. The molecule has 1 saturated heterocycles. The molecule has 28 heavy (non-hydrogen) atoms. The van der Waals surface area contributed by atoms with Crippen LogP contribution in [0.2, 0.25) is 0 Å². The second kappa shape index (κ2) is 9.15. The average Bonchev–Trinajstić information content (AvgIpc) is 3.13. The predicted octanol–water partition coefficient (Wildman–Crippen LogP) is 4.56. The van der Waals surface area contributed by atoms with Crippen molar-refractivity contribution in [2.45, 2.75) is 31.3 Å². The molecule has 0 radical (unpaired) electrons. The Kier molecular flexibility index (Phi) is 6.85. The molecule has 152 valence electrons. The summed E-state index contributed by atoms with van der Waals surface area (Å²) in [5.74, 6) is 0.848. The maximum Gasteiger partial charge on any atom is 0.320 e.